The van der Waals surface area contributed by atoms with E-state index in [1.54, 1.807) is 6.92 Å². The summed E-state index contributed by atoms with van der Waals surface area (Å²) in [6.07, 6.45) is 0. The number of carbonyl (C=O) groups is 1. The van der Waals surface area contributed by atoms with Crippen molar-refractivity contribution in [1.82, 2.24) is 0 Å². The van der Waals surface area contributed by atoms with Gasteiger partial charge in [0, 0.05) is 14.1 Å². The fourth-order valence-electron chi connectivity index (χ4n) is 2.49. The lowest BCUT2D eigenvalue weighted by Gasteiger charge is -2.14. The minimum Gasteiger partial charge on any atom is -0.376 e. The molecule has 0 bridgehead atoms. The number of hydrogen-bond donors (Lipinski definition) is 0. The first kappa shape index (κ1) is 15.9. The van der Waals surface area contributed by atoms with Crippen molar-refractivity contribution in [2.75, 3.05) is 24.0 Å². The summed E-state index contributed by atoms with van der Waals surface area (Å²) in [7, 11) is 3.89. The fourth-order valence-corrected chi connectivity index (χ4v) is 2.49. The Labute approximate surface area is 141 Å². The van der Waals surface area contributed by atoms with Crippen LogP contribution in [0.15, 0.2) is 69.9 Å². The Kier molecular flexibility index (Phi) is 4.37. The normalized spacial score (nSPS) is 17.5. The van der Waals surface area contributed by atoms with Crippen molar-refractivity contribution in [2.24, 2.45) is 15.3 Å². The molecule has 0 spiro atoms. The van der Waals surface area contributed by atoms with Gasteiger partial charge in [0.15, 0.2) is 6.04 Å². The lowest BCUT2D eigenvalue weighted by molar-refractivity contribution is -0.117. The Morgan fingerprint density at radius 3 is 2.42 bits per heavy atom. The number of amides is 1. The van der Waals surface area contributed by atoms with E-state index in [0.29, 0.717) is 5.71 Å². The summed E-state index contributed by atoms with van der Waals surface area (Å²) in [6, 6.07) is 16.3. The molecule has 2 aromatic carbocycles. The van der Waals surface area contributed by atoms with Crippen molar-refractivity contribution in [3.05, 3.63) is 54.6 Å². The molecule has 0 radical (unpaired) electrons. The first-order valence-electron chi connectivity index (χ1n) is 7.69. The summed E-state index contributed by atoms with van der Waals surface area (Å²) in [6.45, 7) is 1.79. The van der Waals surface area contributed by atoms with Crippen LogP contribution in [0.25, 0.3) is 0 Å². The third kappa shape index (κ3) is 3.03. The Balaban J connectivity index is 1.84. The van der Waals surface area contributed by atoms with Crippen LogP contribution < -0.4 is 9.91 Å². The average molecular weight is 321 g/mol. The maximum Gasteiger partial charge on any atom is 0.280 e. The smallest absolute Gasteiger partial charge is 0.280 e. The number of azo groups is 1. The molecule has 6 nitrogen and oxygen atoms in total. The number of anilines is 2. The second kappa shape index (κ2) is 6.62. The molecule has 0 saturated carbocycles. The van der Waals surface area contributed by atoms with Crippen LogP contribution in [0.2, 0.25) is 0 Å². The Morgan fingerprint density at radius 1 is 1.04 bits per heavy atom. The molecule has 0 aromatic heterocycles. The first-order chi connectivity index (χ1) is 11.6. The van der Waals surface area contributed by atoms with Gasteiger partial charge in [-0.15, -0.1) is 0 Å². The van der Waals surface area contributed by atoms with E-state index < -0.39 is 6.04 Å². The monoisotopic (exact) mass is 321 g/mol. The summed E-state index contributed by atoms with van der Waals surface area (Å²) in [5.74, 6) is -0.190. The Hall–Kier alpha value is -3.02. The van der Waals surface area contributed by atoms with Crippen LogP contribution in [-0.4, -0.2) is 31.8 Å². The molecule has 1 aliphatic heterocycles. The number of benzene rings is 2. The molecule has 2 aromatic rings. The lowest BCUT2D eigenvalue weighted by atomic mass is 10.2. The number of hydrogen-bond acceptors (Lipinski definition) is 5. The largest absolute Gasteiger partial charge is 0.376 e. The van der Waals surface area contributed by atoms with Gasteiger partial charge in [-0.3, -0.25) is 4.79 Å². The SMILES string of the molecule is CC1=NN(c2ccccc2)C(=O)[C@H]1N=Nc1ccccc1N(C)C. The van der Waals surface area contributed by atoms with Gasteiger partial charge in [0.2, 0.25) is 0 Å². The lowest BCUT2D eigenvalue weighted by Crippen LogP contribution is -2.29. The van der Waals surface area contributed by atoms with E-state index in [2.05, 4.69) is 15.3 Å². The first-order valence-corrected chi connectivity index (χ1v) is 7.69. The third-order valence-corrected chi connectivity index (χ3v) is 3.74. The van der Waals surface area contributed by atoms with E-state index in [9.17, 15) is 4.79 Å². The molecule has 1 amide bonds. The number of para-hydroxylation sites is 2. The topological polar surface area (TPSA) is 60.6 Å². The molecular weight excluding hydrogens is 302 g/mol. The van der Waals surface area contributed by atoms with E-state index in [1.165, 1.54) is 5.01 Å². The highest BCUT2D eigenvalue weighted by molar-refractivity contribution is 6.18. The molecule has 122 valence electrons. The van der Waals surface area contributed by atoms with Crippen molar-refractivity contribution in [1.29, 1.82) is 0 Å². The predicted octanol–water partition coefficient (Wildman–Crippen LogP) is 3.63. The minimum atomic E-state index is -0.680. The van der Waals surface area contributed by atoms with Gasteiger partial charge in [0.05, 0.1) is 17.1 Å². The van der Waals surface area contributed by atoms with Gasteiger partial charge in [-0.2, -0.15) is 20.3 Å². The number of hydrazone groups is 1. The Bertz CT molecular complexity index is 798. The molecule has 0 fully saturated rings. The summed E-state index contributed by atoms with van der Waals surface area (Å²) in [4.78, 5) is 14.6. The van der Waals surface area contributed by atoms with Gasteiger partial charge in [-0.25, -0.2) is 0 Å². The standard InChI is InChI=1S/C18H19N5O/c1-13-17(18(24)23(21-13)14-9-5-4-6-10-14)20-19-15-11-7-8-12-16(15)22(2)3/h4-12,17H,1-3H3/t17-/m0/s1. The van der Waals surface area contributed by atoms with Crippen molar-refractivity contribution in [3.63, 3.8) is 0 Å². The molecule has 6 heteroatoms. The van der Waals surface area contributed by atoms with Crippen molar-refractivity contribution < 1.29 is 4.79 Å². The fraction of sp³-hybridized carbons (Fsp3) is 0.222. The quantitative estimate of drug-likeness (QED) is 0.807. The summed E-state index contributed by atoms with van der Waals surface area (Å²) in [5, 5.41) is 14.3. The predicted molar refractivity (Wildman–Crippen MR) is 96.1 cm³/mol. The van der Waals surface area contributed by atoms with Crippen molar-refractivity contribution >= 4 is 28.7 Å². The van der Waals surface area contributed by atoms with Crippen LogP contribution in [0.3, 0.4) is 0 Å². The Morgan fingerprint density at radius 2 is 1.71 bits per heavy atom. The molecule has 1 aliphatic rings. The zero-order valence-corrected chi connectivity index (χ0v) is 13.9. The highest BCUT2D eigenvalue weighted by atomic mass is 16.2. The number of rotatable bonds is 4. The molecule has 1 atom stereocenters. The van der Waals surface area contributed by atoms with E-state index in [-0.39, 0.29) is 5.91 Å². The van der Waals surface area contributed by atoms with Gasteiger partial charge in [-0.05, 0) is 31.2 Å². The van der Waals surface area contributed by atoms with Crippen LogP contribution in [0, 0.1) is 0 Å². The van der Waals surface area contributed by atoms with Gasteiger partial charge in [-0.1, -0.05) is 30.3 Å². The van der Waals surface area contributed by atoms with Gasteiger partial charge in [0.25, 0.3) is 5.91 Å². The minimum absolute atomic E-state index is 0.190. The summed E-state index contributed by atoms with van der Waals surface area (Å²) < 4.78 is 0. The zero-order valence-electron chi connectivity index (χ0n) is 13.9. The number of nitrogens with zero attached hydrogens (tertiary/aromatic N) is 5. The summed E-state index contributed by atoms with van der Waals surface area (Å²) >= 11 is 0. The van der Waals surface area contributed by atoms with Crippen molar-refractivity contribution in [2.45, 2.75) is 13.0 Å². The number of carbonyl (C=O) groups excluding carboxylic acids is 1. The van der Waals surface area contributed by atoms with E-state index in [1.807, 2.05) is 73.6 Å². The molecule has 24 heavy (non-hydrogen) atoms. The van der Waals surface area contributed by atoms with Crippen LogP contribution in [-0.2, 0) is 4.79 Å². The van der Waals surface area contributed by atoms with E-state index in [4.69, 9.17) is 0 Å². The average Bonchev–Trinajstić information content (AvgIpc) is 2.88. The molecular formula is C18H19N5O. The molecule has 3 rings (SSSR count). The third-order valence-electron chi connectivity index (χ3n) is 3.74. The van der Waals surface area contributed by atoms with Gasteiger partial charge >= 0.3 is 0 Å². The van der Waals surface area contributed by atoms with Gasteiger partial charge < -0.3 is 4.90 Å². The molecule has 0 N–H and O–H groups in total. The maximum absolute atomic E-state index is 12.6. The van der Waals surface area contributed by atoms with E-state index in [0.717, 1.165) is 17.1 Å². The van der Waals surface area contributed by atoms with Gasteiger partial charge in [0.1, 0.15) is 5.69 Å². The molecule has 0 unspecified atom stereocenters. The highest BCUT2D eigenvalue weighted by Gasteiger charge is 2.34. The molecule has 0 saturated heterocycles. The molecule has 1 heterocycles. The second-order valence-corrected chi connectivity index (χ2v) is 5.73. The maximum atomic E-state index is 12.6. The van der Waals surface area contributed by atoms with E-state index >= 15 is 0 Å². The zero-order chi connectivity index (χ0) is 17.1. The van der Waals surface area contributed by atoms with Crippen LogP contribution in [0.1, 0.15) is 6.92 Å². The molecule has 0 aliphatic carbocycles. The van der Waals surface area contributed by atoms with Crippen LogP contribution >= 0.6 is 0 Å². The van der Waals surface area contributed by atoms with Crippen LogP contribution in [0.4, 0.5) is 17.1 Å². The van der Waals surface area contributed by atoms with Crippen molar-refractivity contribution in [3.8, 4) is 0 Å². The highest BCUT2D eigenvalue weighted by Crippen LogP contribution is 2.28. The second-order valence-electron chi connectivity index (χ2n) is 5.73. The van der Waals surface area contributed by atoms with Crippen LogP contribution in [0.5, 0.6) is 0 Å². The summed E-state index contributed by atoms with van der Waals surface area (Å²) in [5.41, 5.74) is 3.03.